The Balaban J connectivity index is 2.07. The van der Waals surface area contributed by atoms with Gasteiger partial charge in [-0.1, -0.05) is 12.1 Å². The van der Waals surface area contributed by atoms with Crippen LogP contribution in [0, 0.1) is 6.92 Å². The van der Waals surface area contributed by atoms with Crippen LogP contribution in [0.1, 0.15) is 23.6 Å². The van der Waals surface area contributed by atoms with Crippen LogP contribution in [-0.2, 0) is 15.1 Å². The normalized spacial score (nSPS) is 21.7. The van der Waals surface area contributed by atoms with Gasteiger partial charge in [0, 0.05) is 23.3 Å². The molecular weight excluding hydrogens is 280 g/mol. The van der Waals surface area contributed by atoms with E-state index in [4.69, 9.17) is 9.47 Å². The highest BCUT2D eigenvalue weighted by Gasteiger charge is 2.50. The molecule has 0 saturated heterocycles. The van der Waals surface area contributed by atoms with E-state index in [1.54, 1.807) is 18.2 Å². The highest BCUT2D eigenvalue weighted by Crippen LogP contribution is 2.55. The number of benzene rings is 2. The molecule has 1 spiro atoms. The smallest absolute Gasteiger partial charge is 0.332 e. The molecular formula is C18H14O4. The molecule has 4 nitrogen and oxygen atoms in total. The second-order valence-corrected chi connectivity index (χ2v) is 5.71. The van der Waals surface area contributed by atoms with Gasteiger partial charge in [0.15, 0.2) is 5.60 Å². The van der Waals surface area contributed by atoms with Crippen molar-refractivity contribution in [2.45, 2.75) is 19.4 Å². The first kappa shape index (κ1) is 13.0. The summed E-state index contributed by atoms with van der Waals surface area (Å²) in [7, 11) is 0. The molecule has 2 aromatic carbocycles. The molecule has 2 aliphatic heterocycles. The monoisotopic (exact) mass is 294 g/mol. The van der Waals surface area contributed by atoms with Crippen molar-refractivity contribution in [3.63, 3.8) is 0 Å². The zero-order chi connectivity index (χ0) is 15.5. The Morgan fingerprint density at radius 3 is 2.36 bits per heavy atom. The molecule has 0 radical (unpaired) electrons. The standard InChI is InChI=1S/C18H14O4/c1-10-3-5-13-15(7-10)21-16-9-12(19)4-6-14(16)18(13)11(2)8-17(20)22-18/h3-9,19H,1-2H3. The van der Waals surface area contributed by atoms with Gasteiger partial charge in [0.1, 0.15) is 17.2 Å². The first-order chi connectivity index (χ1) is 10.5. The average molecular weight is 294 g/mol. The quantitative estimate of drug-likeness (QED) is 0.755. The zero-order valence-corrected chi connectivity index (χ0v) is 12.2. The van der Waals surface area contributed by atoms with Crippen LogP contribution in [0.3, 0.4) is 0 Å². The van der Waals surface area contributed by atoms with Gasteiger partial charge in [-0.15, -0.1) is 0 Å². The van der Waals surface area contributed by atoms with Gasteiger partial charge in [-0.25, -0.2) is 4.79 Å². The molecule has 110 valence electrons. The fourth-order valence-electron chi connectivity index (χ4n) is 3.23. The van der Waals surface area contributed by atoms with Crippen molar-refractivity contribution >= 4 is 5.97 Å². The number of phenolic OH excluding ortho intramolecular Hbond substituents is 1. The van der Waals surface area contributed by atoms with Crippen molar-refractivity contribution in [3.05, 3.63) is 64.7 Å². The first-order valence-corrected chi connectivity index (χ1v) is 7.05. The minimum Gasteiger partial charge on any atom is -0.508 e. The summed E-state index contributed by atoms with van der Waals surface area (Å²) in [5.41, 5.74) is 2.40. The summed E-state index contributed by atoms with van der Waals surface area (Å²) in [6.07, 6.45) is 1.51. The van der Waals surface area contributed by atoms with Crippen molar-refractivity contribution in [2.75, 3.05) is 0 Å². The number of hydrogen-bond acceptors (Lipinski definition) is 4. The van der Waals surface area contributed by atoms with E-state index >= 15 is 0 Å². The van der Waals surface area contributed by atoms with Crippen LogP contribution in [0.5, 0.6) is 17.2 Å². The van der Waals surface area contributed by atoms with Crippen LogP contribution in [-0.4, -0.2) is 11.1 Å². The van der Waals surface area contributed by atoms with E-state index in [0.717, 1.165) is 22.3 Å². The molecule has 1 unspecified atom stereocenters. The van der Waals surface area contributed by atoms with Crippen molar-refractivity contribution in [3.8, 4) is 17.2 Å². The minimum atomic E-state index is -0.971. The first-order valence-electron chi connectivity index (χ1n) is 7.05. The number of hydrogen-bond donors (Lipinski definition) is 1. The maximum atomic E-state index is 11.9. The molecule has 4 rings (SSSR count). The third-order valence-corrected chi connectivity index (χ3v) is 4.22. The number of aryl methyl sites for hydroxylation is 1. The average Bonchev–Trinajstić information content (AvgIpc) is 2.74. The molecule has 2 heterocycles. The van der Waals surface area contributed by atoms with Crippen LogP contribution in [0.4, 0.5) is 0 Å². The number of fused-ring (bicyclic) bond motifs is 4. The Hall–Kier alpha value is -2.75. The fraction of sp³-hybridized carbons (Fsp3) is 0.167. The maximum Gasteiger partial charge on any atom is 0.332 e. The second kappa shape index (κ2) is 4.13. The van der Waals surface area contributed by atoms with E-state index in [9.17, 15) is 9.90 Å². The third-order valence-electron chi connectivity index (χ3n) is 4.22. The Morgan fingerprint density at radius 1 is 1.00 bits per heavy atom. The van der Waals surface area contributed by atoms with Crippen LogP contribution in [0.25, 0.3) is 0 Å². The Labute approximate surface area is 127 Å². The molecule has 4 heteroatoms. The fourth-order valence-corrected chi connectivity index (χ4v) is 3.23. The SMILES string of the molecule is CC1=CC(=O)OC12c1ccc(C)cc1Oc1cc(O)ccc12. The largest absolute Gasteiger partial charge is 0.508 e. The Kier molecular flexibility index (Phi) is 2.43. The van der Waals surface area contributed by atoms with Gasteiger partial charge in [-0.3, -0.25) is 0 Å². The molecule has 0 fully saturated rings. The van der Waals surface area contributed by atoms with Crippen molar-refractivity contribution in [1.82, 2.24) is 0 Å². The number of rotatable bonds is 0. The predicted molar refractivity (Wildman–Crippen MR) is 80.0 cm³/mol. The van der Waals surface area contributed by atoms with Crippen LogP contribution in [0.15, 0.2) is 48.0 Å². The van der Waals surface area contributed by atoms with Crippen LogP contribution in [0.2, 0.25) is 0 Å². The topological polar surface area (TPSA) is 55.8 Å². The predicted octanol–water partition coefficient (Wildman–Crippen LogP) is 3.55. The van der Waals surface area contributed by atoms with E-state index in [-0.39, 0.29) is 11.7 Å². The molecule has 2 aromatic rings. The number of carbonyl (C=O) groups excluding carboxylic acids is 1. The summed E-state index contributed by atoms with van der Waals surface area (Å²) >= 11 is 0. The molecule has 0 saturated carbocycles. The Morgan fingerprint density at radius 2 is 1.68 bits per heavy atom. The number of ether oxygens (including phenoxy) is 2. The molecule has 0 aromatic heterocycles. The number of aromatic hydroxyl groups is 1. The van der Waals surface area contributed by atoms with Gasteiger partial charge in [0.25, 0.3) is 0 Å². The summed E-state index contributed by atoms with van der Waals surface area (Å²) in [6, 6.07) is 10.7. The second-order valence-electron chi connectivity index (χ2n) is 5.71. The highest BCUT2D eigenvalue weighted by atomic mass is 16.6. The summed E-state index contributed by atoms with van der Waals surface area (Å²) in [6.45, 7) is 3.84. The highest BCUT2D eigenvalue weighted by molar-refractivity contribution is 5.89. The lowest BCUT2D eigenvalue weighted by atomic mass is 9.78. The lowest BCUT2D eigenvalue weighted by molar-refractivity contribution is -0.144. The molecule has 1 N–H and O–H groups in total. The number of carbonyl (C=O) groups is 1. The van der Waals surface area contributed by atoms with Gasteiger partial charge in [0.05, 0.1) is 0 Å². The number of phenols is 1. The molecule has 0 amide bonds. The van der Waals surface area contributed by atoms with Gasteiger partial charge in [-0.2, -0.15) is 0 Å². The lowest BCUT2D eigenvalue weighted by Gasteiger charge is -2.37. The third kappa shape index (κ3) is 1.55. The molecule has 0 aliphatic carbocycles. The zero-order valence-electron chi connectivity index (χ0n) is 12.2. The van der Waals surface area contributed by atoms with E-state index in [0.29, 0.717) is 11.5 Å². The summed E-state index contributed by atoms with van der Waals surface area (Å²) in [5, 5.41) is 9.74. The van der Waals surface area contributed by atoms with Crippen LogP contribution >= 0.6 is 0 Å². The molecule has 1 atom stereocenters. The lowest BCUT2D eigenvalue weighted by Crippen LogP contribution is -2.33. The molecule has 0 bridgehead atoms. The number of esters is 1. The van der Waals surface area contributed by atoms with E-state index in [1.165, 1.54) is 6.08 Å². The summed E-state index contributed by atoms with van der Waals surface area (Å²) < 4.78 is 11.7. The van der Waals surface area contributed by atoms with Crippen molar-refractivity contribution in [2.24, 2.45) is 0 Å². The minimum absolute atomic E-state index is 0.107. The molecule has 2 aliphatic rings. The van der Waals surface area contributed by atoms with Crippen molar-refractivity contribution < 1.29 is 19.4 Å². The van der Waals surface area contributed by atoms with Gasteiger partial charge < -0.3 is 14.6 Å². The Bertz CT molecular complexity index is 797. The van der Waals surface area contributed by atoms with Gasteiger partial charge >= 0.3 is 5.97 Å². The van der Waals surface area contributed by atoms with E-state index in [1.807, 2.05) is 32.0 Å². The van der Waals surface area contributed by atoms with Gasteiger partial charge in [0.2, 0.25) is 0 Å². The van der Waals surface area contributed by atoms with Crippen molar-refractivity contribution in [1.29, 1.82) is 0 Å². The van der Waals surface area contributed by atoms with Crippen LogP contribution < -0.4 is 4.74 Å². The van der Waals surface area contributed by atoms with E-state index in [2.05, 4.69) is 0 Å². The van der Waals surface area contributed by atoms with E-state index < -0.39 is 5.60 Å². The molecule has 22 heavy (non-hydrogen) atoms. The summed E-state index contributed by atoms with van der Waals surface area (Å²) in [5.74, 6) is 0.877. The maximum absolute atomic E-state index is 11.9. The summed E-state index contributed by atoms with van der Waals surface area (Å²) in [4.78, 5) is 11.9. The van der Waals surface area contributed by atoms with Gasteiger partial charge in [-0.05, 0) is 43.2 Å².